The van der Waals surface area contributed by atoms with Crippen LogP contribution >= 0.6 is 16.1 Å². The first-order chi connectivity index (χ1) is 14.1. The Morgan fingerprint density at radius 3 is 2.38 bits per heavy atom. The van der Waals surface area contributed by atoms with Crippen LogP contribution in [-0.4, -0.2) is 47.9 Å². The number of nitrogens with zero attached hydrogens (tertiary/aromatic N) is 1. The lowest BCUT2D eigenvalue weighted by Gasteiger charge is -2.19. The fraction of sp³-hybridized carbons (Fsp3) is 0.333. The van der Waals surface area contributed by atoms with Gasteiger partial charge >= 0.3 is 6.09 Å². The number of amides is 2. The van der Waals surface area contributed by atoms with Gasteiger partial charge in [-0.05, 0) is 11.1 Å². The minimum absolute atomic E-state index is 0.0965. The Balaban J connectivity index is 1.56. The van der Waals surface area contributed by atoms with E-state index in [1.54, 1.807) is 0 Å². The van der Waals surface area contributed by atoms with Crippen molar-refractivity contribution < 1.29 is 19.1 Å². The first-order valence-electron chi connectivity index (χ1n) is 9.41. The Morgan fingerprint density at radius 1 is 1.10 bits per heavy atom. The van der Waals surface area contributed by atoms with Crippen LogP contribution in [0.4, 0.5) is 4.79 Å². The van der Waals surface area contributed by atoms with Gasteiger partial charge in [-0.1, -0.05) is 60.7 Å². The number of benzene rings is 2. The first-order valence-corrected chi connectivity index (χ1v) is 10.1. The zero-order chi connectivity index (χ0) is 20.5. The lowest BCUT2D eigenvalue weighted by Crippen LogP contribution is -2.49. The predicted octanol–water partition coefficient (Wildman–Crippen LogP) is 2.61. The summed E-state index contributed by atoms with van der Waals surface area (Å²) in [5.41, 5.74) is 1.82. The molecule has 1 fully saturated rings. The van der Waals surface area contributed by atoms with Crippen LogP contribution in [0.15, 0.2) is 60.7 Å². The van der Waals surface area contributed by atoms with Crippen molar-refractivity contribution in [2.75, 3.05) is 19.8 Å². The van der Waals surface area contributed by atoms with Gasteiger partial charge in [-0.3, -0.25) is 4.79 Å². The van der Waals surface area contributed by atoms with E-state index in [4.69, 9.17) is 9.47 Å². The molecule has 0 spiro atoms. The van der Waals surface area contributed by atoms with E-state index in [1.807, 2.05) is 64.6 Å². The normalized spacial score (nSPS) is 17.5. The van der Waals surface area contributed by atoms with Gasteiger partial charge < -0.3 is 20.1 Å². The standard InChI is InChI=1S/C21H24BrN3O4/c22-25-13-18(29-15-25)12-23-20(26)19(11-16-7-3-1-4-8-16)24-21(27)28-14-17-9-5-2-6-10-17/h1-10,18-19H,11-15H2,(H,23,26)(H,24,27)/t18?,19-/m1/s1. The van der Waals surface area contributed by atoms with E-state index in [1.165, 1.54) is 0 Å². The molecular weight excluding hydrogens is 438 g/mol. The molecule has 7 nitrogen and oxygen atoms in total. The van der Waals surface area contributed by atoms with Crippen molar-refractivity contribution in [1.82, 2.24) is 14.6 Å². The number of carbonyl (C=O) groups excluding carboxylic acids is 2. The van der Waals surface area contributed by atoms with E-state index in [-0.39, 0.29) is 18.6 Å². The van der Waals surface area contributed by atoms with Crippen molar-refractivity contribution in [3.05, 3.63) is 71.8 Å². The predicted molar refractivity (Wildman–Crippen MR) is 112 cm³/mol. The third kappa shape index (κ3) is 7.16. The maximum Gasteiger partial charge on any atom is 0.408 e. The molecule has 0 bridgehead atoms. The molecule has 1 unspecified atom stereocenters. The Kier molecular flexibility index (Phi) is 8.03. The van der Waals surface area contributed by atoms with Crippen molar-refractivity contribution in [2.45, 2.75) is 25.2 Å². The Bertz CT molecular complexity index is 791. The van der Waals surface area contributed by atoms with Crippen LogP contribution in [0.3, 0.4) is 0 Å². The van der Waals surface area contributed by atoms with Crippen LogP contribution in [-0.2, 0) is 27.3 Å². The summed E-state index contributed by atoms with van der Waals surface area (Å²) < 4.78 is 12.7. The van der Waals surface area contributed by atoms with Gasteiger partial charge in [-0.25, -0.2) is 8.72 Å². The SMILES string of the molecule is O=C(N[C@H](Cc1ccccc1)C(=O)NCC1CN(Br)CO1)OCc1ccccc1. The largest absolute Gasteiger partial charge is 0.445 e. The third-order valence-electron chi connectivity index (χ3n) is 4.46. The second kappa shape index (κ2) is 10.9. The third-order valence-corrected chi connectivity index (χ3v) is 4.95. The second-order valence-electron chi connectivity index (χ2n) is 6.76. The van der Waals surface area contributed by atoms with Crippen LogP contribution in [0.5, 0.6) is 0 Å². The Labute approximate surface area is 178 Å². The molecule has 154 valence electrons. The number of rotatable bonds is 8. The monoisotopic (exact) mass is 461 g/mol. The molecule has 2 N–H and O–H groups in total. The molecular formula is C21H24BrN3O4. The van der Waals surface area contributed by atoms with Gasteiger partial charge in [0.05, 0.1) is 6.10 Å². The highest BCUT2D eigenvalue weighted by Crippen LogP contribution is 2.11. The summed E-state index contributed by atoms with van der Waals surface area (Å²) >= 11 is 3.35. The molecule has 2 amide bonds. The molecule has 1 aliphatic heterocycles. The molecule has 3 rings (SSSR count). The highest BCUT2D eigenvalue weighted by atomic mass is 79.9. The molecule has 1 heterocycles. The van der Waals surface area contributed by atoms with Crippen molar-refractivity contribution in [3.8, 4) is 0 Å². The summed E-state index contributed by atoms with van der Waals surface area (Å²) in [5, 5.41) is 5.55. The highest BCUT2D eigenvalue weighted by molar-refractivity contribution is 9.07. The first kappa shape index (κ1) is 21.3. The second-order valence-corrected chi connectivity index (χ2v) is 7.76. The molecule has 8 heteroatoms. The average molecular weight is 462 g/mol. The summed E-state index contributed by atoms with van der Waals surface area (Å²) in [7, 11) is 0. The fourth-order valence-corrected chi connectivity index (χ4v) is 3.38. The van der Waals surface area contributed by atoms with Crippen molar-refractivity contribution in [1.29, 1.82) is 0 Å². The van der Waals surface area contributed by atoms with Crippen molar-refractivity contribution >= 4 is 28.1 Å². The van der Waals surface area contributed by atoms with Crippen LogP contribution in [0.2, 0.25) is 0 Å². The van der Waals surface area contributed by atoms with Gasteiger partial charge in [-0.15, -0.1) is 0 Å². The number of carbonyl (C=O) groups is 2. The van der Waals surface area contributed by atoms with Gasteiger partial charge in [0.15, 0.2) is 0 Å². The molecule has 1 saturated heterocycles. The number of halogens is 1. The summed E-state index contributed by atoms with van der Waals surface area (Å²) in [6, 6.07) is 18.2. The van der Waals surface area contributed by atoms with E-state index in [2.05, 4.69) is 26.8 Å². The van der Waals surface area contributed by atoms with E-state index in [0.29, 0.717) is 26.2 Å². The number of hydrogen-bond donors (Lipinski definition) is 2. The summed E-state index contributed by atoms with van der Waals surface area (Å²) in [6.07, 6.45) is -0.363. The zero-order valence-electron chi connectivity index (χ0n) is 15.9. The van der Waals surface area contributed by atoms with Crippen molar-refractivity contribution in [3.63, 3.8) is 0 Å². The average Bonchev–Trinajstić information content (AvgIpc) is 3.17. The lowest BCUT2D eigenvalue weighted by atomic mass is 10.1. The molecule has 2 aromatic carbocycles. The van der Waals surface area contributed by atoms with E-state index in [9.17, 15) is 9.59 Å². The quantitative estimate of drug-likeness (QED) is 0.590. The summed E-state index contributed by atoms with van der Waals surface area (Å²) in [6.45, 7) is 1.66. The number of ether oxygens (including phenoxy) is 2. The van der Waals surface area contributed by atoms with Gasteiger partial charge in [0.2, 0.25) is 5.91 Å². The van der Waals surface area contributed by atoms with Gasteiger partial charge in [-0.2, -0.15) is 0 Å². The minimum atomic E-state index is -0.748. The highest BCUT2D eigenvalue weighted by Gasteiger charge is 2.25. The number of alkyl carbamates (subject to hydrolysis) is 1. The van der Waals surface area contributed by atoms with Gasteiger partial charge in [0.1, 0.15) is 19.4 Å². The molecule has 0 radical (unpaired) electrons. The molecule has 1 aliphatic rings. The van der Waals surface area contributed by atoms with E-state index in [0.717, 1.165) is 11.1 Å². The topological polar surface area (TPSA) is 79.9 Å². The van der Waals surface area contributed by atoms with Gasteiger partial charge in [0.25, 0.3) is 0 Å². The van der Waals surface area contributed by atoms with E-state index < -0.39 is 12.1 Å². The summed E-state index contributed by atoms with van der Waals surface area (Å²) in [5.74, 6) is -0.276. The van der Waals surface area contributed by atoms with Crippen LogP contribution in [0.1, 0.15) is 11.1 Å². The fourth-order valence-electron chi connectivity index (χ4n) is 2.94. The smallest absolute Gasteiger partial charge is 0.408 e. The lowest BCUT2D eigenvalue weighted by molar-refractivity contribution is -0.123. The molecule has 29 heavy (non-hydrogen) atoms. The molecule has 0 saturated carbocycles. The maximum absolute atomic E-state index is 12.7. The molecule has 2 atom stereocenters. The van der Waals surface area contributed by atoms with Crippen LogP contribution in [0, 0.1) is 0 Å². The Morgan fingerprint density at radius 2 is 1.76 bits per heavy atom. The van der Waals surface area contributed by atoms with E-state index >= 15 is 0 Å². The Hall–Kier alpha value is -2.42. The maximum atomic E-state index is 12.7. The summed E-state index contributed by atoms with van der Waals surface area (Å²) in [4.78, 5) is 25.0. The zero-order valence-corrected chi connectivity index (χ0v) is 17.5. The number of nitrogens with one attached hydrogen (secondary N) is 2. The molecule has 0 aliphatic carbocycles. The van der Waals surface area contributed by atoms with Gasteiger partial charge in [0, 0.05) is 35.7 Å². The molecule has 2 aromatic rings. The van der Waals surface area contributed by atoms with Crippen molar-refractivity contribution in [2.24, 2.45) is 0 Å². The van der Waals surface area contributed by atoms with Crippen LogP contribution < -0.4 is 10.6 Å². The van der Waals surface area contributed by atoms with Crippen LogP contribution in [0.25, 0.3) is 0 Å². The number of hydrogen-bond acceptors (Lipinski definition) is 5. The molecule has 0 aromatic heterocycles. The minimum Gasteiger partial charge on any atom is -0.445 e.